The fourth-order valence-corrected chi connectivity index (χ4v) is 6.54. The highest BCUT2D eigenvalue weighted by Gasteiger charge is 2.47. The number of alkyl halides is 1. The van der Waals surface area contributed by atoms with Gasteiger partial charge in [0.15, 0.2) is 24.2 Å². The van der Waals surface area contributed by atoms with Crippen LogP contribution in [0, 0.1) is 5.92 Å². The summed E-state index contributed by atoms with van der Waals surface area (Å²) in [5.74, 6) is -1.42. The molecule has 2 aliphatic heterocycles. The van der Waals surface area contributed by atoms with Gasteiger partial charge in [0.25, 0.3) is 0 Å². The van der Waals surface area contributed by atoms with Crippen molar-refractivity contribution in [3.63, 3.8) is 0 Å². The second-order valence-electron chi connectivity index (χ2n) is 10.2. The van der Waals surface area contributed by atoms with E-state index in [1.807, 2.05) is 0 Å². The smallest absolute Gasteiger partial charge is 0.459 e. The van der Waals surface area contributed by atoms with Gasteiger partial charge >= 0.3 is 13.7 Å². The van der Waals surface area contributed by atoms with Gasteiger partial charge in [-0.2, -0.15) is 10.1 Å². The van der Waals surface area contributed by atoms with Crippen LogP contribution in [0.25, 0.3) is 0 Å². The number of nitrogens with two attached hydrogens (primary N) is 1. The summed E-state index contributed by atoms with van der Waals surface area (Å²) in [4.78, 5) is 20.9. The van der Waals surface area contributed by atoms with Crippen LogP contribution in [0.15, 0.2) is 41.7 Å². The minimum absolute atomic E-state index is 0.0770. The monoisotopic (exact) mass is 596 g/mol. The van der Waals surface area contributed by atoms with Crippen molar-refractivity contribution in [3.05, 3.63) is 42.4 Å². The molecule has 1 saturated heterocycles. The van der Waals surface area contributed by atoms with Gasteiger partial charge in [-0.1, -0.05) is 18.2 Å². The zero-order valence-corrected chi connectivity index (χ0v) is 23.2. The number of aromatic nitrogens is 2. The van der Waals surface area contributed by atoms with Crippen LogP contribution in [0.1, 0.15) is 50.8 Å². The number of hydrogen-bond acceptors (Lipinski definition) is 12. The lowest BCUT2D eigenvalue weighted by Crippen LogP contribution is -2.37. The number of para-hydroxylation sites is 1. The number of rotatable bonds is 11. The van der Waals surface area contributed by atoms with E-state index in [0.717, 1.165) is 25.7 Å². The number of halogens is 1. The summed E-state index contributed by atoms with van der Waals surface area (Å²) in [6, 6.07) is 7.16. The van der Waals surface area contributed by atoms with Crippen molar-refractivity contribution in [1.82, 2.24) is 20.0 Å². The van der Waals surface area contributed by atoms with E-state index in [1.54, 1.807) is 30.3 Å². The number of imidazole rings is 1. The zero-order chi connectivity index (χ0) is 29.1. The molecule has 5 rings (SSSR count). The number of fused-ring (bicyclic) bond motifs is 1. The van der Waals surface area contributed by atoms with Crippen molar-refractivity contribution in [3.8, 4) is 5.75 Å². The molecule has 3 heterocycles. The number of ether oxygens (including phenoxy) is 2. The molecule has 41 heavy (non-hydrogen) atoms. The van der Waals surface area contributed by atoms with Crippen molar-refractivity contribution in [2.24, 2.45) is 16.6 Å². The van der Waals surface area contributed by atoms with Crippen molar-refractivity contribution < 1.29 is 42.5 Å². The van der Waals surface area contributed by atoms with Crippen LogP contribution in [0.2, 0.25) is 0 Å². The summed E-state index contributed by atoms with van der Waals surface area (Å²) in [6.45, 7) is 0.0330. The van der Waals surface area contributed by atoms with Gasteiger partial charge in [0.05, 0.1) is 25.7 Å². The Morgan fingerprint density at radius 2 is 2.05 bits per heavy atom. The zero-order valence-electron chi connectivity index (χ0n) is 22.3. The number of aliphatic hydroxyl groups excluding tert-OH is 2. The van der Waals surface area contributed by atoms with E-state index < -0.39 is 63.6 Å². The van der Waals surface area contributed by atoms with Crippen molar-refractivity contribution in [2.75, 3.05) is 13.3 Å². The fraction of sp³-hybridized carbons (Fsp3) is 0.560. The second kappa shape index (κ2) is 12.4. The lowest BCUT2D eigenvalue weighted by molar-refractivity contribution is -0.150. The second-order valence-corrected chi connectivity index (χ2v) is 11.9. The predicted molar refractivity (Wildman–Crippen MR) is 143 cm³/mol. The van der Waals surface area contributed by atoms with Crippen LogP contribution in [0.5, 0.6) is 5.75 Å². The van der Waals surface area contributed by atoms with E-state index in [4.69, 9.17) is 24.3 Å². The Balaban J connectivity index is 1.31. The maximum atomic E-state index is 14.2. The molecule has 1 aromatic carbocycles. The van der Waals surface area contributed by atoms with Gasteiger partial charge in [0, 0.05) is 5.92 Å². The third-order valence-electron chi connectivity index (χ3n) is 7.21. The summed E-state index contributed by atoms with van der Waals surface area (Å²) in [6.07, 6.45) is -0.266. The average molecular weight is 597 g/mol. The highest BCUT2D eigenvalue weighted by molar-refractivity contribution is 7.52. The highest BCUT2D eigenvalue weighted by Crippen LogP contribution is 2.47. The molecule has 6 N–H and O–H groups in total. The molecule has 2 aromatic rings. The minimum atomic E-state index is -4.25. The van der Waals surface area contributed by atoms with E-state index in [1.165, 1.54) is 17.8 Å². The normalized spacial score (nSPS) is 28.3. The molecule has 0 radical (unpaired) electrons. The van der Waals surface area contributed by atoms with Gasteiger partial charge in [0.2, 0.25) is 0 Å². The summed E-state index contributed by atoms with van der Waals surface area (Å²) < 4.78 is 52.2. The number of carbonyl (C=O) groups excluding carboxylic acids is 1. The summed E-state index contributed by atoms with van der Waals surface area (Å²) in [7, 11) is -4.25. The van der Waals surface area contributed by atoms with E-state index in [2.05, 4.69) is 20.4 Å². The third-order valence-corrected chi connectivity index (χ3v) is 8.85. The first-order valence-corrected chi connectivity index (χ1v) is 14.9. The van der Waals surface area contributed by atoms with E-state index >= 15 is 0 Å². The molecule has 14 nitrogen and oxygen atoms in total. The number of guanidine groups is 1. The molecular weight excluding hydrogens is 562 g/mol. The number of hydrogen-bond donors (Lipinski definition) is 5. The van der Waals surface area contributed by atoms with Crippen LogP contribution >= 0.6 is 7.75 Å². The Morgan fingerprint density at radius 3 is 2.76 bits per heavy atom. The number of carbonyl (C=O) groups is 1. The van der Waals surface area contributed by atoms with Gasteiger partial charge < -0.3 is 35.3 Å². The molecule has 0 bridgehead atoms. The molecule has 2 fully saturated rings. The average Bonchev–Trinajstić information content (AvgIpc) is 3.67. The van der Waals surface area contributed by atoms with Crippen molar-refractivity contribution in [1.29, 1.82) is 0 Å². The molecule has 16 heteroatoms. The molecular formula is C25H34FN6O8P. The first-order chi connectivity index (χ1) is 19.7. The third kappa shape index (κ3) is 6.55. The summed E-state index contributed by atoms with van der Waals surface area (Å²) in [5, 5.41) is 26.2. The molecule has 1 unspecified atom stereocenters. The Labute approximate surface area is 235 Å². The van der Waals surface area contributed by atoms with E-state index in [0.29, 0.717) is 0 Å². The number of benzene rings is 1. The van der Waals surface area contributed by atoms with Crippen LogP contribution < -0.4 is 20.7 Å². The Hall–Kier alpha value is -3.07. The summed E-state index contributed by atoms with van der Waals surface area (Å²) >= 11 is 0. The standard InChI is InChI=1S/C25H34FN6O8P/c1-14(24(35)38-15-7-5-6-8-15)31-41(36,40-16-9-3-2-4-10-16)37-12-18-17(11-26)20(33)23(39-18)32-13-28-19-21(32)29-25(27)30-22(19)34/h2-4,9-10,13-15,17-18,20,22-23,33-34H,5-8,11-12H2,1H3,(H,31,36)(H3,27,29,30)/t14-,17+,18+,20+,22?,23+,41+/m0/s1. The molecule has 1 saturated carbocycles. The van der Waals surface area contributed by atoms with Gasteiger partial charge in [-0.05, 0) is 44.7 Å². The SMILES string of the molecule is C[C@H](N[P@@](=O)(OC[C@H]1O[C@@H](n2cnc3c2N=C(N)NC3O)[C@H](O)[C@@H]1CF)Oc1ccccc1)C(=O)OC1CCCC1. The molecule has 224 valence electrons. The number of nitrogens with one attached hydrogen (secondary N) is 2. The van der Waals surface area contributed by atoms with Crippen molar-refractivity contribution >= 4 is 25.5 Å². The van der Waals surface area contributed by atoms with E-state index in [9.17, 15) is 24.0 Å². The molecule has 0 spiro atoms. The van der Waals surface area contributed by atoms with Crippen LogP contribution in [0.4, 0.5) is 10.2 Å². The first kappa shape index (κ1) is 29.4. The topological polar surface area (TPSA) is 192 Å². The maximum absolute atomic E-state index is 14.2. The molecule has 7 atom stereocenters. The highest BCUT2D eigenvalue weighted by atomic mass is 31.2. The Morgan fingerprint density at radius 1 is 1.32 bits per heavy atom. The molecule has 3 aliphatic rings. The van der Waals surface area contributed by atoms with Crippen LogP contribution in [-0.2, 0) is 23.4 Å². The van der Waals surface area contributed by atoms with Gasteiger partial charge in [-0.25, -0.2) is 9.55 Å². The first-order valence-electron chi connectivity index (χ1n) is 13.4. The van der Waals surface area contributed by atoms with Crippen molar-refractivity contribution in [2.45, 2.75) is 69.4 Å². The van der Waals surface area contributed by atoms with Crippen LogP contribution in [-0.4, -0.2) is 69.3 Å². The minimum Gasteiger partial charge on any atom is -0.461 e. The van der Waals surface area contributed by atoms with E-state index in [-0.39, 0.29) is 29.3 Å². The number of aliphatic hydroxyl groups is 2. The molecule has 0 amide bonds. The Bertz CT molecular complexity index is 1290. The quantitative estimate of drug-likeness (QED) is 0.187. The summed E-state index contributed by atoms with van der Waals surface area (Å²) in [5.41, 5.74) is 5.87. The van der Waals surface area contributed by atoms with Crippen LogP contribution in [0.3, 0.4) is 0 Å². The Kier molecular flexibility index (Phi) is 8.92. The lowest BCUT2D eigenvalue weighted by Gasteiger charge is -2.25. The number of aliphatic imine (C=N–C) groups is 1. The van der Waals surface area contributed by atoms with Gasteiger partial charge in [0.1, 0.15) is 29.7 Å². The maximum Gasteiger partial charge on any atom is 0.459 e. The lowest BCUT2D eigenvalue weighted by atomic mass is 10.00. The predicted octanol–water partition coefficient (Wildman–Crippen LogP) is 1.93. The number of esters is 1. The molecule has 1 aliphatic carbocycles. The largest absolute Gasteiger partial charge is 0.461 e. The van der Waals surface area contributed by atoms with Gasteiger partial charge in [-0.15, -0.1) is 0 Å². The number of nitrogens with zero attached hydrogens (tertiary/aromatic N) is 3. The fourth-order valence-electron chi connectivity index (χ4n) is 5.04. The molecule has 1 aromatic heterocycles. The van der Waals surface area contributed by atoms with Gasteiger partial charge in [-0.3, -0.25) is 18.3 Å².